The average Bonchev–Trinajstić information content (AvgIpc) is 3.13. The zero-order chi connectivity index (χ0) is 18.6. The first-order chi connectivity index (χ1) is 13.2. The number of rotatable bonds is 5. The molecular weight excluding hydrogens is 457 g/mol. The fourth-order valence-corrected chi connectivity index (χ4v) is 3.70. The molecule has 6 nitrogen and oxygen atoms in total. The zero-order valence-electron chi connectivity index (χ0n) is 15.0. The number of halogens is 1. The molecule has 2 aliphatic heterocycles. The summed E-state index contributed by atoms with van der Waals surface area (Å²) in [6.07, 6.45) is 0. The Kier molecular flexibility index (Phi) is 5.80. The second-order valence-corrected chi connectivity index (χ2v) is 8.04. The smallest absolute Gasteiger partial charge is 0.238 e. The molecule has 0 unspecified atom stereocenters. The van der Waals surface area contributed by atoms with Crippen LogP contribution in [-0.2, 0) is 11.3 Å². The lowest BCUT2D eigenvalue weighted by atomic mass is 10.1. The molecule has 2 aromatic carbocycles. The van der Waals surface area contributed by atoms with Gasteiger partial charge in [0.25, 0.3) is 0 Å². The van der Waals surface area contributed by atoms with Crippen molar-refractivity contribution in [1.29, 1.82) is 0 Å². The van der Waals surface area contributed by atoms with Crippen LogP contribution in [0.25, 0.3) is 0 Å². The summed E-state index contributed by atoms with van der Waals surface area (Å²) in [5.74, 6) is 1.70. The lowest BCUT2D eigenvalue weighted by Gasteiger charge is -2.34. The van der Waals surface area contributed by atoms with Crippen molar-refractivity contribution in [1.82, 2.24) is 9.80 Å². The molecule has 2 heterocycles. The number of ether oxygens (including phenoxy) is 2. The van der Waals surface area contributed by atoms with Crippen molar-refractivity contribution in [2.45, 2.75) is 6.54 Å². The summed E-state index contributed by atoms with van der Waals surface area (Å²) >= 11 is 2.25. The molecule has 0 atom stereocenters. The van der Waals surface area contributed by atoms with E-state index in [1.807, 2.05) is 30.3 Å². The first-order valence-corrected chi connectivity index (χ1v) is 10.1. The van der Waals surface area contributed by atoms with Crippen LogP contribution in [0.1, 0.15) is 5.56 Å². The largest absolute Gasteiger partial charge is 0.454 e. The van der Waals surface area contributed by atoms with Gasteiger partial charge in [-0.3, -0.25) is 14.6 Å². The van der Waals surface area contributed by atoms with Gasteiger partial charge in [0.2, 0.25) is 12.7 Å². The number of piperazine rings is 1. The zero-order valence-corrected chi connectivity index (χ0v) is 17.1. The van der Waals surface area contributed by atoms with Gasteiger partial charge in [0.15, 0.2) is 11.5 Å². The van der Waals surface area contributed by atoms with Gasteiger partial charge in [-0.25, -0.2) is 0 Å². The Balaban J connectivity index is 1.23. The Bertz CT molecular complexity index is 805. The van der Waals surface area contributed by atoms with Crippen LogP contribution in [0.3, 0.4) is 0 Å². The number of fused-ring (bicyclic) bond motifs is 1. The molecule has 0 bridgehead atoms. The lowest BCUT2D eigenvalue weighted by molar-refractivity contribution is -0.117. The quantitative estimate of drug-likeness (QED) is 0.669. The van der Waals surface area contributed by atoms with Crippen molar-refractivity contribution in [3.63, 3.8) is 0 Å². The molecule has 0 aromatic heterocycles. The topological polar surface area (TPSA) is 54.0 Å². The van der Waals surface area contributed by atoms with Gasteiger partial charge in [0.05, 0.1) is 6.54 Å². The fraction of sp³-hybridized carbons (Fsp3) is 0.350. The van der Waals surface area contributed by atoms with Crippen molar-refractivity contribution in [2.75, 3.05) is 44.8 Å². The third-order valence-electron chi connectivity index (χ3n) is 4.80. The molecule has 1 N–H and O–H groups in total. The number of nitrogens with one attached hydrogen (secondary N) is 1. The van der Waals surface area contributed by atoms with Crippen molar-refractivity contribution >= 4 is 34.2 Å². The van der Waals surface area contributed by atoms with Gasteiger partial charge in [-0.2, -0.15) is 0 Å². The minimum Gasteiger partial charge on any atom is -0.454 e. The maximum absolute atomic E-state index is 12.3. The first-order valence-electron chi connectivity index (χ1n) is 9.04. The van der Waals surface area contributed by atoms with E-state index in [-0.39, 0.29) is 5.91 Å². The summed E-state index contributed by atoms with van der Waals surface area (Å²) in [6.45, 7) is 5.32. The van der Waals surface area contributed by atoms with Crippen LogP contribution in [0.15, 0.2) is 42.5 Å². The molecule has 1 saturated heterocycles. The monoisotopic (exact) mass is 479 g/mol. The molecule has 1 amide bonds. The number of nitrogens with zero attached hydrogens (tertiary/aromatic N) is 2. The number of hydrogen-bond donors (Lipinski definition) is 1. The Morgan fingerprint density at radius 2 is 1.67 bits per heavy atom. The van der Waals surface area contributed by atoms with Crippen LogP contribution in [-0.4, -0.2) is 55.2 Å². The minimum absolute atomic E-state index is 0.0421. The SMILES string of the molecule is O=C(CN1CCN(Cc2ccc3c(c2)OCO3)CC1)Nc1ccc(I)cc1. The van der Waals surface area contributed by atoms with Crippen molar-refractivity contribution in [3.05, 3.63) is 51.6 Å². The average molecular weight is 479 g/mol. The molecule has 0 aliphatic carbocycles. The molecule has 0 radical (unpaired) electrons. The number of benzene rings is 2. The van der Waals surface area contributed by atoms with E-state index < -0.39 is 0 Å². The normalized spacial score (nSPS) is 17.1. The Labute approximate surface area is 172 Å². The van der Waals surface area contributed by atoms with Crippen LogP contribution in [0, 0.1) is 3.57 Å². The number of carbonyl (C=O) groups is 1. The Morgan fingerprint density at radius 1 is 0.963 bits per heavy atom. The summed E-state index contributed by atoms with van der Waals surface area (Å²) in [4.78, 5) is 16.9. The molecule has 2 aromatic rings. The van der Waals surface area contributed by atoms with Crippen molar-refractivity contribution < 1.29 is 14.3 Å². The summed E-state index contributed by atoms with van der Waals surface area (Å²) in [7, 11) is 0. The van der Waals surface area contributed by atoms with E-state index in [0.29, 0.717) is 13.3 Å². The number of anilines is 1. The Hall–Kier alpha value is -1.84. The highest BCUT2D eigenvalue weighted by molar-refractivity contribution is 14.1. The molecule has 0 saturated carbocycles. The maximum atomic E-state index is 12.3. The van der Waals surface area contributed by atoms with Crippen LogP contribution >= 0.6 is 22.6 Å². The second kappa shape index (κ2) is 8.45. The number of amides is 1. The molecule has 2 aliphatic rings. The summed E-state index contributed by atoms with van der Waals surface area (Å²) in [5, 5.41) is 2.97. The third-order valence-corrected chi connectivity index (χ3v) is 5.52. The summed E-state index contributed by atoms with van der Waals surface area (Å²) < 4.78 is 12.0. The maximum Gasteiger partial charge on any atom is 0.238 e. The van der Waals surface area contributed by atoms with Crippen LogP contribution in [0.5, 0.6) is 11.5 Å². The molecule has 142 valence electrons. The van der Waals surface area contributed by atoms with E-state index in [2.05, 4.69) is 49.8 Å². The summed E-state index contributed by atoms with van der Waals surface area (Å²) in [6, 6.07) is 14.0. The van der Waals surface area contributed by atoms with Gasteiger partial charge in [0, 0.05) is 42.0 Å². The molecule has 1 fully saturated rings. The highest BCUT2D eigenvalue weighted by Crippen LogP contribution is 2.32. The van der Waals surface area contributed by atoms with Gasteiger partial charge in [-0.1, -0.05) is 6.07 Å². The van der Waals surface area contributed by atoms with E-state index in [1.165, 1.54) is 5.56 Å². The van der Waals surface area contributed by atoms with E-state index in [4.69, 9.17) is 9.47 Å². The van der Waals surface area contributed by atoms with Crippen LogP contribution < -0.4 is 14.8 Å². The Morgan fingerprint density at radius 3 is 2.44 bits per heavy atom. The predicted molar refractivity (Wildman–Crippen MR) is 112 cm³/mol. The molecule has 7 heteroatoms. The second-order valence-electron chi connectivity index (χ2n) is 6.79. The first kappa shape index (κ1) is 18.5. The summed E-state index contributed by atoms with van der Waals surface area (Å²) in [5.41, 5.74) is 2.08. The van der Waals surface area contributed by atoms with Gasteiger partial charge in [0.1, 0.15) is 0 Å². The number of carbonyl (C=O) groups excluding carboxylic acids is 1. The lowest BCUT2D eigenvalue weighted by Crippen LogP contribution is -2.48. The molecular formula is C20H22IN3O3. The van der Waals surface area contributed by atoms with Crippen molar-refractivity contribution in [3.8, 4) is 11.5 Å². The number of hydrogen-bond acceptors (Lipinski definition) is 5. The van der Waals surface area contributed by atoms with Crippen LogP contribution in [0.4, 0.5) is 5.69 Å². The van der Waals surface area contributed by atoms with E-state index in [0.717, 1.165) is 53.5 Å². The van der Waals surface area contributed by atoms with Gasteiger partial charge in [-0.05, 0) is 64.6 Å². The third kappa shape index (κ3) is 4.91. The van der Waals surface area contributed by atoms with E-state index in [1.54, 1.807) is 0 Å². The molecule has 0 spiro atoms. The molecule has 27 heavy (non-hydrogen) atoms. The van der Waals surface area contributed by atoms with E-state index >= 15 is 0 Å². The van der Waals surface area contributed by atoms with E-state index in [9.17, 15) is 4.79 Å². The predicted octanol–water partition coefficient (Wildman–Crippen LogP) is 2.78. The minimum atomic E-state index is 0.0421. The van der Waals surface area contributed by atoms with Crippen molar-refractivity contribution in [2.24, 2.45) is 0 Å². The fourth-order valence-electron chi connectivity index (χ4n) is 3.34. The van der Waals surface area contributed by atoms with Gasteiger partial charge >= 0.3 is 0 Å². The van der Waals surface area contributed by atoms with Crippen LogP contribution in [0.2, 0.25) is 0 Å². The standard InChI is InChI=1S/C20H22IN3O3/c21-16-2-4-17(5-3-16)22-20(25)13-24-9-7-23(8-10-24)12-15-1-6-18-19(11-15)27-14-26-18/h1-6,11H,7-10,12-14H2,(H,22,25). The van der Waals surface area contributed by atoms with Gasteiger partial charge in [-0.15, -0.1) is 0 Å². The molecule has 4 rings (SSSR count). The van der Waals surface area contributed by atoms with Gasteiger partial charge < -0.3 is 14.8 Å². The highest BCUT2D eigenvalue weighted by Gasteiger charge is 2.20. The highest BCUT2D eigenvalue weighted by atomic mass is 127.